The fourth-order valence-corrected chi connectivity index (χ4v) is 3.15. The van der Waals surface area contributed by atoms with Crippen molar-refractivity contribution in [2.75, 3.05) is 43.5 Å². The fraction of sp³-hybridized carbons (Fsp3) is 0.348. The first-order chi connectivity index (χ1) is 14.9. The van der Waals surface area contributed by atoms with Crippen LogP contribution in [-0.4, -0.2) is 61.5 Å². The Hall–Kier alpha value is -3.39. The van der Waals surface area contributed by atoms with Gasteiger partial charge >= 0.3 is 0 Å². The van der Waals surface area contributed by atoms with Crippen molar-refractivity contribution in [2.24, 2.45) is 0 Å². The van der Waals surface area contributed by atoms with Crippen molar-refractivity contribution in [3.05, 3.63) is 59.7 Å². The fourth-order valence-electron chi connectivity index (χ4n) is 3.15. The minimum Gasteiger partial charge on any atom is -0.378 e. The van der Waals surface area contributed by atoms with E-state index in [0.29, 0.717) is 43.1 Å². The Morgan fingerprint density at radius 1 is 0.968 bits per heavy atom. The molecule has 1 aliphatic rings. The minimum absolute atomic E-state index is 0.0547. The van der Waals surface area contributed by atoms with Crippen molar-refractivity contribution in [3.63, 3.8) is 0 Å². The van der Waals surface area contributed by atoms with Gasteiger partial charge in [-0.1, -0.05) is 6.07 Å². The molecule has 0 aliphatic carbocycles. The van der Waals surface area contributed by atoms with Gasteiger partial charge in [-0.3, -0.25) is 14.4 Å². The van der Waals surface area contributed by atoms with Gasteiger partial charge in [-0.15, -0.1) is 0 Å². The number of rotatable bonds is 7. The smallest absolute Gasteiger partial charge is 0.254 e. The van der Waals surface area contributed by atoms with Crippen LogP contribution in [0.5, 0.6) is 0 Å². The molecule has 3 rings (SSSR count). The molecule has 1 aliphatic heterocycles. The SMILES string of the molecule is CC(C)NC(=O)c1ccc(NCC(=O)Nc2cccc(C(=O)N3CCOCC3)c2)cc1. The summed E-state index contributed by atoms with van der Waals surface area (Å²) in [6.07, 6.45) is 0. The standard InChI is InChI=1S/C23H28N4O4/c1-16(2)25-22(29)17-6-8-19(9-7-17)24-15-21(28)26-20-5-3-4-18(14-20)23(30)27-10-12-31-13-11-27/h3-9,14,16,24H,10-13,15H2,1-2H3,(H,25,29)(H,26,28). The van der Waals surface area contributed by atoms with E-state index in [-0.39, 0.29) is 30.3 Å². The van der Waals surface area contributed by atoms with E-state index in [9.17, 15) is 14.4 Å². The van der Waals surface area contributed by atoms with Crippen LogP contribution in [0.15, 0.2) is 48.5 Å². The summed E-state index contributed by atoms with van der Waals surface area (Å²) in [5, 5.41) is 8.66. The maximum absolute atomic E-state index is 12.6. The van der Waals surface area contributed by atoms with Crippen LogP contribution in [0.25, 0.3) is 0 Å². The lowest BCUT2D eigenvalue weighted by molar-refractivity contribution is -0.114. The lowest BCUT2D eigenvalue weighted by atomic mass is 10.1. The lowest BCUT2D eigenvalue weighted by Crippen LogP contribution is -2.40. The Morgan fingerprint density at radius 3 is 2.35 bits per heavy atom. The van der Waals surface area contributed by atoms with Gasteiger partial charge < -0.3 is 25.6 Å². The van der Waals surface area contributed by atoms with Gasteiger partial charge in [-0.05, 0) is 56.3 Å². The van der Waals surface area contributed by atoms with Crippen LogP contribution in [-0.2, 0) is 9.53 Å². The molecule has 1 saturated heterocycles. The summed E-state index contributed by atoms with van der Waals surface area (Å²) in [4.78, 5) is 38.6. The Balaban J connectivity index is 1.51. The number of ether oxygens (including phenoxy) is 1. The summed E-state index contributed by atoms with van der Waals surface area (Å²) < 4.78 is 5.28. The molecular formula is C23H28N4O4. The number of anilines is 2. The lowest BCUT2D eigenvalue weighted by Gasteiger charge is -2.27. The zero-order valence-electron chi connectivity index (χ0n) is 17.8. The monoisotopic (exact) mass is 424 g/mol. The van der Waals surface area contributed by atoms with Crippen LogP contribution in [0.3, 0.4) is 0 Å². The second-order valence-corrected chi connectivity index (χ2v) is 7.59. The molecular weight excluding hydrogens is 396 g/mol. The van der Waals surface area contributed by atoms with Crippen LogP contribution in [0.1, 0.15) is 34.6 Å². The predicted molar refractivity (Wildman–Crippen MR) is 119 cm³/mol. The molecule has 0 spiro atoms. The quantitative estimate of drug-likeness (QED) is 0.634. The van der Waals surface area contributed by atoms with Crippen LogP contribution in [0.2, 0.25) is 0 Å². The highest BCUT2D eigenvalue weighted by atomic mass is 16.5. The topological polar surface area (TPSA) is 99.8 Å². The number of amides is 3. The maximum Gasteiger partial charge on any atom is 0.254 e. The first-order valence-electron chi connectivity index (χ1n) is 10.3. The largest absolute Gasteiger partial charge is 0.378 e. The van der Waals surface area contributed by atoms with E-state index < -0.39 is 0 Å². The summed E-state index contributed by atoms with van der Waals surface area (Å²) in [5.74, 6) is -0.442. The van der Waals surface area contributed by atoms with Crippen LogP contribution >= 0.6 is 0 Å². The van der Waals surface area contributed by atoms with E-state index in [1.165, 1.54) is 0 Å². The van der Waals surface area contributed by atoms with Gasteiger partial charge in [0, 0.05) is 41.6 Å². The van der Waals surface area contributed by atoms with Gasteiger partial charge in [0.2, 0.25) is 5.91 Å². The number of carbonyl (C=O) groups is 3. The zero-order valence-corrected chi connectivity index (χ0v) is 17.8. The molecule has 0 radical (unpaired) electrons. The number of morpholine rings is 1. The number of hydrogen-bond donors (Lipinski definition) is 3. The van der Waals surface area contributed by atoms with Crippen molar-refractivity contribution in [3.8, 4) is 0 Å². The molecule has 8 nitrogen and oxygen atoms in total. The average Bonchev–Trinajstić information content (AvgIpc) is 2.78. The third kappa shape index (κ3) is 6.55. The number of benzene rings is 2. The van der Waals surface area contributed by atoms with Gasteiger partial charge in [0.1, 0.15) is 0 Å². The van der Waals surface area contributed by atoms with Gasteiger partial charge in [0.25, 0.3) is 11.8 Å². The summed E-state index contributed by atoms with van der Waals surface area (Å²) in [6, 6.07) is 13.9. The third-order valence-corrected chi connectivity index (χ3v) is 4.71. The van der Waals surface area contributed by atoms with Gasteiger partial charge in [-0.25, -0.2) is 0 Å². The summed E-state index contributed by atoms with van der Waals surface area (Å²) >= 11 is 0. The molecule has 3 N–H and O–H groups in total. The molecule has 0 atom stereocenters. The second-order valence-electron chi connectivity index (χ2n) is 7.59. The molecule has 0 bridgehead atoms. The Morgan fingerprint density at radius 2 is 1.68 bits per heavy atom. The summed E-state index contributed by atoms with van der Waals surface area (Å²) in [6.45, 7) is 6.07. The predicted octanol–water partition coefficient (Wildman–Crippen LogP) is 2.35. The summed E-state index contributed by atoms with van der Waals surface area (Å²) in [5.41, 5.74) is 2.38. The number of nitrogens with zero attached hydrogens (tertiary/aromatic N) is 1. The van der Waals surface area contributed by atoms with E-state index in [1.54, 1.807) is 53.4 Å². The normalized spacial score (nSPS) is 13.6. The van der Waals surface area contributed by atoms with Gasteiger partial charge in [-0.2, -0.15) is 0 Å². The number of hydrogen-bond acceptors (Lipinski definition) is 5. The number of carbonyl (C=O) groups excluding carboxylic acids is 3. The molecule has 0 unspecified atom stereocenters. The van der Waals surface area contributed by atoms with Crippen LogP contribution < -0.4 is 16.0 Å². The summed E-state index contributed by atoms with van der Waals surface area (Å²) in [7, 11) is 0. The third-order valence-electron chi connectivity index (χ3n) is 4.71. The molecule has 2 aromatic carbocycles. The Bertz CT molecular complexity index is 921. The first-order valence-corrected chi connectivity index (χ1v) is 10.3. The molecule has 164 valence electrons. The molecule has 8 heteroatoms. The van der Waals surface area contributed by atoms with Crippen molar-refractivity contribution in [2.45, 2.75) is 19.9 Å². The first kappa shape index (κ1) is 22.3. The highest BCUT2D eigenvalue weighted by Crippen LogP contribution is 2.14. The zero-order chi connectivity index (χ0) is 22.2. The maximum atomic E-state index is 12.6. The molecule has 0 saturated carbocycles. The van der Waals surface area contributed by atoms with Crippen molar-refractivity contribution in [1.29, 1.82) is 0 Å². The second kappa shape index (κ2) is 10.6. The van der Waals surface area contributed by atoms with E-state index in [2.05, 4.69) is 16.0 Å². The molecule has 2 aromatic rings. The van der Waals surface area contributed by atoms with E-state index in [1.807, 2.05) is 13.8 Å². The van der Waals surface area contributed by atoms with Gasteiger partial charge in [0.15, 0.2) is 0 Å². The highest BCUT2D eigenvalue weighted by Gasteiger charge is 2.18. The van der Waals surface area contributed by atoms with Gasteiger partial charge in [0.05, 0.1) is 19.8 Å². The molecule has 1 fully saturated rings. The number of nitrogens with one attached hydrogen (secondary N) is 3. The van der Waals surface area contributed by atoms with Crippen molar-refractivity contribution in [1.82, 2.24) is 10.2 Å². The Kier molecular flexibility index (Phi) is 7.61. The van der Waals surface area contributed by atoms with Crippen molar-refractivity contribution < 1.29 is 19.1 Å². The molecule has 3 amide bonds. The molecule has 1 heterocycles. The van der Waals surface area contributed by atoms with E-state index in [0.717, 1.165) is 5.69 Å². The van der Waals surface area contributed by atoms with Crippen LogP contribution in [0.4, 0.5) is 11.4 Å². The van der Waals surface area contributed by atoms with E-state index in [4.69, 9.17) is 4.74 Å². The van der Waals surface area contributed by atoms with Crippen LogP contribution in [0, 0.1) is 0 Å². The van der Waals surface area contributed by atoms with E-state index >= 15 is 0 Å². The molecule has 31 heavy (non-hydrogen) atoms. The van der Waals surface area contributed by atoms with Crippen molar-refractivity contribution >= 4 is 29.1 Å². The highest BCUT2D eigenvalue weighted by molar-refractivity contribution is 5.98. The average molecular weight is 425 g/mol. The molecule has 0 aromatic heterocycles. The minimum atomic E-state index is -0.238. The Labute approximate surface area is 182 Å².